The third-order valence-corrected chi connectivity index (χ3v) is 7.01. The Morgan fingerprint density at radius 1 is 1.08 bits per heavy atom. The zero-order valence-corrected chi connectivity index (χ0v) is 21.4. The number of nitrogens with one attached hydrogen (secondary N) is 1. The van der Waals surface area contributed by atoms with Crippen LogP contribution in [0.15, 0.2) is 65.0 Å². The predicted octanol–water partition coefficient (Wildman–Crippen LogP) is 5.11. The van der Waals surface area contributed by atoms with Gasteiger partial charge in [-0.05, 0) is 68.0 Å². The van der Waals surface area contributed by atoms with E-state index in [1.165, 1.54) is 0 Å². The van der Waals surface area contributed by atoms with Crippen molar-refractivity contribution in [3.63, 3.8) is 0 Å². The van der Waals surface area contributed by atoms with E-state index < -0.39 is 11.9 Å². The lowest BCUT2D eigenvalue weighted by Crippen LogP contribution is -2.36. The number of hydrogen-bond donors (Lipinski definition) is 2. The molecular weight excluding hydrogens is 458 g/mol. The summed E-state index contributed by atoms with van der Waals surface area (Å²) in [6.45, 7) is 5.62. The molecule has 0 bridgehead atoms. The highest BCUT2D eigenvalue weighted by atomic mass is 16.5. The third-order valence-electron chi connectivity index (χ3n) is 7.01. The fraction of sp³-hybridized carbons (Fsp3) is 0.379. The number of hydrogen-bond acceptors (Lipinski definition) is 7. The number of methoxy groups -OCH3 is 2. The fourth-order valence-electron chi connectivity index (χ4n) is 5.02. The van der Waals surface area contributed by atoms with Crippen molar-refractivity contribution in [2.45, 2.75) is 58.0 Å². The summed E-state index contributed by atoms with van der Waals surface area (Å²) in [5.74, 6) is 0.140. The smallest absolute Gasteiger partial charge is 0.337 e. The second-order valence-corrected chi connectivity index (χ2v) is 9.35. The Kier molecular flexibility index (Phi) is 7.38. The van der Waals surface area contributed by atoms with E-state index in [4.69, 9.17) is 14.2 Å². The number of ether oxygens (including phenoxy) is 3. The minimum Gasteiger partial charge on any atom is -0.508 e. The van der Waals surface area contributed by atoms with Gasteiger partial charge in [-0.3, -0.25) is 4.79 Å². The number of aromatic hydroxyl groups is 1. The summed E-state index contributed by atoms with van der Waals surface area (Å²) in [6, 6.07) is 12.5. The predicted molar refractivity (Wildman–Crippen MR) is 136 cm³/mol. The van der Waals surface area contributed by atoms with E-state index >= 15 is 0 Å². The van der Waals surface area contributed by atoms with E-state index in [1.54, 1.807) is 32.4 Å². The Labute approximate surface area is 211 Å². The van der Waals surface area contributed by atoms with Crippen LogP contribution in [-0.4, -0.2) is 37.2 Å². The van der Waals surface area contributed by atoms with Crippen LogP contribution in [0.2, 0.25) is 0 Å². The van der Waals surface area contributed by atoms with E-state index in [2.05, 4.69) is 5.32 Å². The molecule has 2 N–H and O–H groups in total. The molecule has 7 nitrogen and oxygen atoms in total. The largest absolute Gasteiger partial charge is 0.508 e. The molecule has 0 radical (unpaired) electrons. The summed E-state index contributed by atoms with van der Waals surface area (Å²) in [5.41, 5.74) is 4.05. The number of phenols is 1. The molecule has 7 heteroatoms. The standard InChI is InChI=1S/C29H33NO6/c1-6-16(2)36-29(33)26-17(3)30-22-13-20(18-10-11-24(34-4)25(15-18)35-5)14-23(32)28(22)27(26)19-8-7-9-21(31)12-19/h7-12,15-16,20,27,30-31H,6,13-14H2,1-5H3/t16-,20+,27+/m0/s1. The molecule has 2 aromatic rings. The maximum absolute atomic E-state index is 13.7. The van der Waals surface area contributed by atoms with Crippen molar-refractivity contribution in [1.82, 2.24) is 5.32 Å². The molecule has 1 aliphatic carbocycles. The average molecular weight is 492 g/mol. The molecule has 1 aliphatic heterocycles. The summed E-state index contributed by atoms with van der Waals surface area (Å²) in [7, 11) is 3.18. The Balaban J connectivity index is 1.76. The van der Waals surface area contributed by atoms with Crippen LogP contribution >= 0.6 is 0 Å². The van der Waals surface area contributed by atoms with Crippen molar-refractivity contribution in [3.05, 3.63) is 76.1 Å². The summed E-state index contributed by atoms with van der Waals surface area (Å²) in [4.78, 5) is 27.0. The van der Waals surface area contributed by atoms with Crippen LogP contribution in [0.25, 0.3) is 0 Å². The number of dihydropyridines is 1. The molecule has 0 saturated heterocycles. The van der Waals surface area contributed by atoms with Gasteiger partial charge < -0.3 is 24.6 Å². The Bertz CT molecular complexity index is 1240. The van der Waals surface area contributed by atoms with Gasteiger partial charge in [0, 0.05) is 29.3 Å². The number of Topliss-reactive ketones (excluding diaryl/α,β-unsaturated/α-hetero) is 1. The number of rotatable bonds is 7. The van der Waals surface area contributed by atoms with Crippen molar-refractivity contribution in [3.8, 4) is 17.2 Å². The first-order valence-electron chi connectivity index (χ1n) is 12.2. The van der Waals surface area contributed by atoms with Gasteiger partial charge in [0.1, 0.15) is 5.75 Å². The van der Waals surface area contributed by atoms with Gasteiger partial charge in [-0.15, -0.1) is 0 Å². The first kappa shape index (κ1) is 25.4. The van der Waals surface area contributed by atoms with Gasteiger partial charge in [-0.1, -0.05) is 25.1 Å². The van der Waals surface area contributed by atoms with E-state index in [9.17, 15) is 14.7 Å². The Hall–Kier alpha value is -3.74. The van der Waals surface area contributed by atoms with Crippen LogP contribution in [0, 0.1) is 0 Å². The molecule has 0 spiro atoms. The zero-order valence-electron chi connectivity index (χ0n) is 21.4. The number of phenolic OH excluding ortho intramolecular Hbond substituents is 1. The molecule has 0 saturated carbocycles. The Morgan fingerprint density at radius 2 is 1.83 bits per heavy atom. The molecule has 3 atom stereocenters. The maximum Gasteiger partial charge on any atom is 0.337 e. The number of benzene rings is 2. The molecule has 0 fully saturated rings. The van der Waals surface area contributed by atoms with Crippen molar-refractivity contribution < 1.29 is 28.9 Å². The molecule has 4 rings (SSSR count). The number of carbonyl (C=O) groups excluding carboxylic acids is 2. The van der Waals surface area contributed by atoms with E-state index in [0.29, 0.717) is 46.7 Å². The van der Waals surface area contributed by atoms with Gasteiger partial charge in [0.2, 0.25) is 0 Å². The van der Waals surface area contributed by atoms with E-state index in [1.807, 2.05) is 45.0 Å². The fourth-order valence-corrected chi connectivity index (χ4v) is 5.02. The number of allylic oxidation sites excluding steroid dienone is 3. The second kappa shape index (κ2) is 10.5. The number of esters is 1. The monoisotopic (exact) mass is 491 g/mol. The highest BCUT2D eigenvalue weighted by molar-refractivity contribution is 6.04. The molecule has 0 amide bonds. The Morgan fingerprint density at radius 3 is 2.50 bits per heavy atom. The van der Waals surface area contributed by atoms with Crippen LogP contribution in [0.3, 0.4) is 0 Å². The molecule has 190 valence electrons. The zero-order chi connectivity index (χ0) is 26.0. The molecule has 1 heterocycles. The minimum atomic E-state index is -0.622. The van der Waals surface area contributed by atoms with Crippen LogP contribution in [-0.2, 0) is 14.3 Å². The molecule has 36 heavy (non-hydrogen) atoms. The van der Waals surface area contributed by atoms with Crippen LogP contribution < -0.4 is 14.8 Å². The average Bonchev–Trinajstić information content (AvgIpc) is 2.86. The molecule has 2 aliphatic rings. The summed E-state index contributed by atoms with van der Waals surface area (Å²) in [5, 5.41) is 13.5. The first-order valence-corrected chi connectivity index (χ1v) is 12.2. The SMILES string of the molecule is CC[C@H](C)OC(=O)C1=C(C)NC2=C(C(=O)C[C@H](c3ccc(OC)c(OC)c3)C2)[C@@H]1c1cccc(O)c1. The normalized spacial score (nSPS) is 20.4. The summed E-state index contributed by atoms with van der Waals surface area (Å²) >= 11 is 0. The van der Waals surface area contributed by atoms with Gasteiger partial charge >= 0.3 is 5.97 Å². The van der Waals surface area contributed by atoms with Crippen molar-refractivity contribution in [1.29, 1.82) is 0 Å². The van der Waals surface area contributed by atoms with Crippen LogP contribution in [0.4, 0.5) is 0 Å². The van der Waals surface area contributed by atoms with Gasteiger partial charge in [-0.2, -0.15) is 0 Å². The van der Waals surface area contributed by atoms with Gasteiger partial charge in [0.25, 0.3) is 0 Å². The second-order valence-electron chi connectivity index (χ2n) is 9.35. The molecule has 0 aromatic heterocycles. The third kappa shape index (κ3) is 4.83. The van der Waals surface area contributed by atoms with E-state index in [0.717, 1.165) is 11.3 Å². The topological polar surface area (TPSA) is 94.1 Å². The number of ketones is 1. The molecule has 2 aromatic carbocycles. The van der Waals surface area contributed by atoms with Crippen molar-refractivity contribution in [2.24, 2.45) is 0 Å². The summed E-state index contributed by atoms with van der Waals surface area (Å²) < 4.78 is 16.5. The molecule has 0 unspecified atom stereocenters. The van der Waals surface area contributed by atoms with Crippen molar-refractivity contribution >= 4 is 11.8 Å². The van der Waals surface area contributed by atoms with E-state index in [-0.39, 0.29) is 30.0 Å². The van der Waals surface area contributed by atoms with Crippen LogP contribution in [0.5, 0.6) is 17.2 Å². The van der Waals surface area contributed by atoms with Crippen LogP contribution in [0.1, 0.15) is 63.0 Å². The lowest BCUT2D eigenvalue weighted by molar-refractivity contribution is -0.144. The lowest BCUT2D eigenvalue weighted by atomic mass is 9.71. The van der Waals surface area contributed by atoms with Crippen molar-refractivity contribution in [2.75, 3.05) is 14.2 Å². The number of carbonyl (C=O) groups is 2. The summed E-state index contributed by atoms with van der Waals surface area (Å²) in [6.07, 6.45) is 1.31. The van der Waals surface area contributed by atoms with Gasteiger partial charge in [-0.25, -0.2) is 4.79 Å². The lowest BCUT2D eigenvalue weighted by Gasteiger charge is -2.37. The quantitative estimate of drug-likeness (QED) is 0.520. The maximum atomic E-state index is 13.7. The van der Waals surface area contributed by atoms with Gasteiger partial charge in [0.05, 0.1) is 25.9 Å². The molecular formula is C29H33NO6. The highest BCUT2D eigenvalue weighted by Crippen LogP contribution is 2.47. The first-order chi connectivity index (χ1) is 17.3. The minimum absolute atomic E-state index is 0.0433. The highest BCUT2D eigenvalue weighted by Gasteiger charge is 2.41. The van der Waals surface area contributed by atoms with Gasteiger partial charge in [0.15, 0.2) is 17.3 Å².